The second-order valence-electron chi connectivity index (χ2n) is 5.27. The number of aromatic nitrogens is 1. The van der Waals surface area contributed by atoms with E-state index in [1.165, 1.54) is 18.4 Å². The predicted molar refractivity (Wildman–Crippen MR) is 95.2 cm³/mol. The van der Waals surface area contributed by atoms with Gasteiger partial charge in [-0.1, -0.05) is 13.3 Å². The number of ether oxygens (including phenoxy) is 2. The van der Waals surface area contributed by atoms with Gasteiger partial charge in [0.2, 0.25) is 0 Å². The molecule has 0 N–H and O–H groups in total. The molecule has 0 unspecified atom stereocenters. The van der Waals surface area contributed by atoms with Gasteiger partial charge < -0.3 is 14.4 Å². The first-order valence-corrected chi connectivity index (χ1v) is 8.37. The third kappa shape index (κ3) is 3.82. The fourth-order valence-corrected chi connectivity index (χ4v) is 3.29. The Kier molecular flexibility index (Phi) is 5.98. The summed E-state index contributed by atoms with van der Waals surface area (Å²) in [5, 5.41) is 0.943. The number of rotatable bonds is 7. The summed E-state index contributed by atoms with van der Waals surface area (Å²) in [5.74, 6) is -0.356. The average Bonchev–Trinajstić information content (AvgIpc) is 2.92. The Morgan fingerprint density at radius 1 is 1.43 bits per heavy atom. The normalized spacial score (nSPS) is 11.1. The lowest BCUT2D eigenvalue weighted by atomic mass is 10.1. The number of hydrogen-bond donors (Lipinski definition) is 0. The van der Waals surface area contributed by atoms with Gasteiger partial charge in [-0.3, -0.25) is 0 Å². The average molecular weight is 334 g/mol. The van der Waals surface area contributed by atoms with Gasteiger partial charge in [-0.2, -0.15) is 0 Å². The molecule has 0 aromatic carbocycles. The fourth-order valence-electron chi connectivity index (χ4n) is 2.22. The van der Waals surface area contributed by atoms with Gasteiger partial charge in [0, 0.05) is 36.9 Å². The fraction of sp³-hybridized carbons (Fsp3) is 0.412. The van der Waals surface area contributed by atoms with Gasteiger partial charge in [0.25, 0.3) is 0 Å². The number of anilines is 1. The van der Waals surface area contributed by atoms with Gasteiger partial charge in [-0.25, -0.2) is 9.78 Å². The van der Waals surface area contributed by atoms with Crippen LogP contribution in [0.2, 0.25) is 0 Å². The molecule has 2 aromatic rings. The summed E-state index contributed by atoms with van der Waals surface area (Å²) in [6.07, 6.45) is 7.31. The lowest BCUT2D eigenvalue weighted by molar-refractivity contribution is 0.0606. The highest BCUT2D eigenvalue weighted by molar-refractivity contribution is 7.20. The first-order valence-electron chi connectivity index (χ1n) is 7.55. The van der Waals surface area contributed by atoms with Crippen molar-refractivity contribution in [3.8, 4) is 0 Å². The molecule has 0 aliphatic heterocycles. The molecule has 0 atom stereocenters. The predicted octanol–water partition coefficient (Wildman–Crippen LogP) is 3.94. The molecule has 0 aliphatic carbocycles. The van der Waals surface area contributed by atoms with E-state index in [4.69, 9.17) is 9.47 Å². The summed E-state index contributed by atoms with van der Waals surface area (Å²) in [6, 6.07) is 1.94. The highest BCUT2D eigenvalue weighted by atomic mass is 32.1. The summed E-state index contributed by atoms with van der Waals surface area (Å²) < 4.78 is 10.4. The quantitative estimate of drug-likeness (QED) is 0.436. The highest BCUT2D eigenvalue weighted by Crippen LogP contribution is 2.37. The van der Waals surface area contributed by atoms with Crippen LogP contribution >= 0.6 is 11.3 Å². The first-order chi connectivity index (χ1) is 11.1. The molecule has 0 amide bonds. The Labute approximate surface area is 140 Å². The van der Waals surface area contributed by atoms with Crippen molar-refractivity contribution in [2.45, 2.75) is 19.8 Å². The molecule has 0 saturated heterocycles. The van der Waals surface area contributed by atoms with Crippen LogP contribution < -0.4 is 4.90 Å². The monoisotopic (exact) mass is 334 g/mol. The highest BCUT2D eigenvalue weighted by Gasteiger charge is 2.21. The lowest BCUT2D eigenvalue weighted by Gasteiger charge is -2.14. The number of thiophene rings is 1. The number of methoxy groups -OCH3 is 1. The number of pyridine rings is 1. The number of carbonyl (C=O) groups is 1. The van der Waals surface area contributed by atoms with E-state index in [0.29, 0.717) is 11.5 Å². The Morgan fingerprint density at radius 2 is 2.22 bits per heavy atom. The topological polar surface area (TPSA) is 51.7 Å². The molecule has 6 heteroatoms. The molecule has 0 spiro atoms. The van der Waals surface area contributed by atoms with Crippen molar-refractivity contribution in [2.75, 3.05) is 32.7 Å². The van der Waals surface area contributed by atoms with Crippen LogP contribution in [0.25, 0.3) is 16.3 Å². The Bertz CT molecular complexity index is 707. The van der Waals surface area contributed by atoms with Crippen molar-refractivity contribution in [3.05, 3.63) is 29.0 Å². The minimum atomic E-state index is -0.356. The van der Waals surface area contributed by atoms with Gasteiger partial charge in [-0.15, -0.1) is 11.3 Å². The van der Waals surface area contributed by atoms with Crippen molar-refractivity contribution in [3.63, 3.8) is 0 Å². The van der Waals surface area contributed by atoms with E-state index in [2.05, 4.69) is 11.9 Å². The van der Waals surface area contributed by atoms with Gasteiger partial charge in [0.05, 0.1) is 20.0 Å². The SMILES string of the molecule is CCCCO/C=C/c1c(C(=O)OC)sc2nccc(N(C)C)c12. The summed E-state index contributed by atoms with van der Waals surface area (Å²) in [4.78, 5) is 19.8. The van der Waals surface area contributed by atoms with Crippen LogP contribution in [0.3, 0.4) is 0 Å². The van der Waals surface area contributed by atoms with Gasteiger partial charge in [0.1, 0.15) is 9.71 Å². The summed E-state index contributed by atoms with van der Waals surface area (Å²) >= 11 is 1.34. The molecule has 2 rings (SSSR count). The molecule has 5 nitrogen and oxygen atoms in total. The minimum absolute atomic E-state index is 0.356. The summed E-state index contributed by atoms with van der Waals surface area (Å²) in [6.45, 7) is 2.78. The van der Waals surface area contributed by atoms with Crippen LogP contribution in [0.5, 0.6) is 0 Å². The Hall–Kier alpha value is -2.08. The smallest absolute Gasteiger partial charge is 0.348 e. The van der Waals surface area contributed by atoms with E-state index >= 15 is 0 Å². The molecule has 0 fully saturated rings. The molecule has 23 heavy (non-hydrogen) atoms. The van der Waals surface area contributed by atoms with Crippen LogP contribution in [-0.4, -0.2) is 38.8 Å². The van der Waals surface area contributed by atoms with E-state index < -0.39 is 0 Å². The van der Waals surface area contributed by atoms with Crippen LogP contribution in [0, 0.1) is 0 Å². The van der Waals surface area contributed by atoms with E-state index in [1.807, 2.05) is 31.1 Å². The molecule has 124 valence electrons. The third-order valence-corrected chi connectivity index (χ3v) is 4.50. The zero-order chi connectivity index (χ0) is 16.8. The lowest BCUT2D eigenvalue weighted by Crippen LogP contribution is -2.09. The van der Waals surface area contributed by atoms with Crippen LogP contribution in [-0.2, 0) is 9.47 Å². The second-order valence-corrected chi connectivity index (χ2v) is 6.27. The number of nitrogens with zero attached hydrogens (tertiary/aromatic N) is 2. The molecular formula is C17H22N2O3S. The molecule has 0 bridgehead atoms. The molecule has 0 radical (unpaired) electrons. The van der Waals surface area contributed by atoms with Crippen molar-refractivity contribution in [1.29, 1.82) is 0 Å². The van der Waals surface area contributed by atoms with Crippen LogP contribution in [0.4, 0.5) is 5.69 Å². The first kappa shape index (κ1) is 17.3. The maximum Gasteiger partial charge on any atom is 0.348 e. The molecule has 2 aromatic heterocycles. The number of esters is 1. The van der Waals surface area contributed by atoms with Gasteiger partial charge >= 0.3 is 5.97 Å². The van der Waals surface area contributed by atoms with E-state index in [-0.39, 0.29) is 5.97 Å². The Balaban J connectivity index is 2.50. The number of unbranched alkanes of at least 4 members (excludes halogenated alkanes) is 1. The van der Waals surface area contributed by atoms with E-state index in [0.717, 1.165) is 34.3 Å². The zero-order valence-corrected chi connectivity index (χ0v) is 14.8. The molecule has 2 heterocycles. The Morgan fingerprint density at radius 3 is 2.87 bits per heavy atom. The van der Waals surface area contributed by atoms with Crippen molar-refractivity contribution >= 4 is 39.3 Å². The largest absolute Gasteiger partial charge is 0.501 e. The van der Waals surface area contributed by atoms with E-state index in [9.17, 15) is 4.79 Å². The van der Waals surface area contributed by atoms with Gasteiger partial charge in [0.15, 0.2) is 0 Å². The maximum atomic E-state index is 12.1. The minimum Gasteiger partial charge on any atom is -0.501 e. The standard InChI is InChI=1S/C17H22N2O3S/c1-5-6-10-22-11-8-12-14-13(19(2)3)7-9-18-16(14)23-15(12)17(20)21-4/h7-9,11H,5-6,10H2,1-4H3/b11-8+. The second kappa shape index (κ2) is 7.97. The molecule has 0 saturated carbocycles. The summed E-state index contributed by atoms with van der Waals surface area (Å²) in [7, 11) is 5.32. The number of hydrogen-bond acceptors (Lipinski definition) is 6. The van der Waals surface area contributed by atoms with Crippen LogP contribution in [0.15, 0.2) is 18.5 Å². The zero-order valence-electron chi connectivity index (χ0n) is 14.0. The third-order valence-electron chi connectivity index (χ3n) is 3.41. The number of carbonyl (C=O) groups excluding carboxylic acids is 1. The maximum absolute atomic E-state index is 12.1. The molecule has 0 aliphatic rings. The van der Waals surface area contributed by atoms with Crippen LogP contribution in [0.1, 0.15) is 35.0 Å². The number of fused-ring (bicyclic) bond motifs is 1. The molecular weight excluding hydrogens is 312 g/mol. The van der Waals surface area contributed by atoms with Crippen molar-refractivity contribution in [2.24, 2.45) is 0 Å². The van der Waals surface area contributed by atoms with Crippen molar-refractivity contribution < 1.29 is 14.3 Å². The van der Waals surface area contributed by atoms with Crippen molar-refractivity contribution in [1.82, 2.24) is 4.98 Å². The van der Waals surface area contributed by atoms with E-state index in [1.54, 1.807) is 12.5 Å². The van der Waals surface area contributed by atoms with Gasteiger partial charge in [-0.05, 0) is 18.6 Å². The summed E-state index contributed by atoms with van der Waals surface area (Å²) in [5.41, 5.74) is 1.81.